The highest BCUT2D eigenvalue weighted by molar-refractivity contribution is 6.31. The predicted octanol–water partition coefficient (Wildman–Crippen LogP) is 2.61. The van der Waals surface area contributed by atoms with Gasteiger partial charge in [-0.15, -0.1) is 0 Å². The number of carbonyl (C=O) groups is 1. The number of aromatic nitrogens is 1. The van der Waals surface area contributed by atoms with Gasteiger partial charge in [-0.2, -0.15) is 0 Å². The van der Waals surface area contributed by atoms with Gasteiger partial charge in [0.1, 0.15) is 5.69 Å². The number of benzene rings is 1. The maximum atomic E-state index is 12.1. The van der Waals surface area contributed by atoms with Gasteiger partial charge in [-0.25, -0.2) is 4.98 Å². The molecule has 0 spiro atoms. The summed E-state index contributed by atoms with van der Waals surface area (Å²) in [4.78, 5) is 16.3. The molecule has 5 heteroatoms. The predicted molar refractivity (Wildman–Crippen MR) is 84.3 cm³/mol. The molecule has 2 rings (SSSR count). The second-order valence-electron chi connectivity index (χ2n) is 4.32. The molecular weight excluding hydrogens is 286 g/mol. The number of halogens is 1. The Labute approximate surface area is 128 Å². The average molecular weight is 300 g/mol. The summed E-state index contributed by atoms with van der Waals surface area (Å²) in [6.45, 7) is 2.08. The lowest BCUT2D eigenvalue weighted by molar-refractivity contribution is 0.102. The van der Waals surface area contributed by atoms with E-state index in [1.807, 2.05) is 13.0 Å². The number of amides is 1. The van der Waals surface area contributed by atoms with Crippen LogP contribution in [0.4, 0.5) is 5.69 Å². The Bertz CT molecular complexity index is 732. The largest absolute Gasteiger partial charge is 0.321 e. The van der Waals surface area contributed by atoms with Crippen molar-refractivity contribution in [3.05, 3.63) is 58.4 Å². The number of hydrogen-bond acceptors (Lipinski definition) is 3. The van der Waals surface area contributed by atoms with Crippen molar-refractivity contribution < 1.29 is 4.79 Å². The molecule has 0 atom stereocenters. The van der Waals surface area contributed by atoms with Crippen LogP contribution in [0.25, 0.3) is 0 Å². The first kappa shape index (κ1) is 15.0. The van der Waals surface area contributed by atoms with Crippen molar-refractivity contribution in [2.24, 2.45) is 5.73 Å². The number of rotatable bonds is 2. The first-order valence-corrected chi connectivity index (χ1v) is 6.71. The molecular formula is C16H14ClN3O. The standard InChI is InChI=1S/C16H14ClN3O/c1-11-4-2-6-15(19-11)16(21)20-13-7-8-14(17)12(10-13)5-3-9-18/h2,4,6-8,10H,9,18H2,1H3,(H,20,21). The summed E-state index contributed by atoms with van der Waals surface area (Å²) in [5.41, 5.74) is 7.71. The molecule has 4 nitrogen and oxygen atoms in total. The molecule has 0 radical (unpaired) electrons. The van der Waals surface area contributed by atoms with Crippen LogP contribution in [0.15, 0.2) is 36.4 Å². The number of nitrogens with zero attached hydrogens (tertiary/aromatic N) is 1. The fourth-order valence-corrected chi connectivity index (χ4v) is 1.87. The summed E-state index contributed by atoms with van der Waals surface area (Å²) in [6.07, 6.45) is 0. The Kier molecular flexibility index (Phi) is 4.94. The van der Waals surface area contributed by atoms with Crippen LogP contribution in [0.3, 0.4) is 0 Å². The Morgan fingerprint density at radius 3 is 2.90 bits per heavy atom. The second-order valence-corrected chi connectivity index (χ2v) is 4.73. The number of hydrogen-bond donors (Lipinski definition) is 2. The molecule has 106 valence electrons. The second kappa shape index (κ2) is 6.89. The normalized spacial score (nSPS) is 9.67. The lowest BCUT2D eigenvalue weighted by atomic mass is 10.2. The summed E-state index contributed by atoms with van der Waals surface area (Å²) in [7, 11) is 0. The van der Waals surface area contributed by atoms with E-state index in [4.69, 9.17) is 17.3 Å². The molecule has 0 aliphatic rings. The van der Waals surface area contributed by atoms with Gasteiger partial charge in [0, 0.05) is 16.9 Å². The van der Waals surface area contributed by atoms with Crippen molar-refractivity contribution in [1.29, 1.82) is 0 Å². The van der Waals surface area contributed by atoms with E-state index in [0.717, 1.165) is 5.69 Å². The number of nitrogens with one attached hydrogen (secondary N) is 1. The van der Waals surface area contributed by atoms with Gasteiger partial charge in [0.2, 0.25) is 0 Å². The molecule has 0 bridgehead atoms. The van der Waals surface area contributed by atoms with Crippen molar-refractivity contribution in [2.45, 2.75) is 6.92 Å². The van der Waals surface area contributed by atoms with Crippen LogP contribution < -0.4 is 11.1 Å². The van der Waals surface area contributed by atoms with Crippen LogP contribution in [0.2, 0.25) is 5.02 Å². The number of carbonyl (C=O) groups excluding carboxylic acids is 1. The van der Waals surface area contributed by atoms with E-state index in [-0.39, 0.29) is 12.5 Å². The van der Waals surface area contributed by atoms with Gasteiger partial charge in [-0.1, -0.05) is 29.5 Å². The van der Waals surface area contributed by atoms with E-state index in [1.165, 1.54) is 0 Å². The van der Waals surface area contributed by atoms with Gasteiger partial charge < -0.3 is 11.1 Å². The van der Waals surface area contributed by atoms with Crippen molar-refractivity contribution in [3.8, 4) is 11.8 Å². The van der Waals surface area contributed by atoms with Gasteiger partial charge in [-0.3, -0.25) is 4.79 Å². The van der Waals surface area contributed by atoms with Gasteiger partial charge in [0.15, 0.2) is 0 Å². The summed E-state index contributed by atoms with van der Waals surface area (Å²) in [5, 5.41) is 3.29. The van der Waals surface area contributed by atoms with Crippen LogP contribution >= 0.6 is 11.6 Å². The van der Waals surface area contributed by atoms with E-state index in [0.29, 0.717) is 22.0 Å². The topological polar surface area (TPSA) is 68.0 Å². The number of nitrogens with two attached hydrogens (primary N) is 1. The minimum atomic E-state index is -0.279. The fraction of sp³-hybridized carbons (Fsp3) is 0.125. The summed E-state index contributed by atoms with van der Waals surface area (Å²) < 4.78 is 0. The van der Waals surface area contributed by atoms with E-state index < -0.39 is 0 Å². The molecule has 2 aromatic rings. The minimum Gasteiger partial charge on any atom is -0.321 e. The molecule has 1 aromatic carbocycles. The molecule has 0 aliphatic carbocycles. The SMILES string of the molecule is Cc1cccc(C(=O)Nc2ccc(Cl)c(C#CCN)c2)n1. The molecule has 3 N–H and O–H groups in total. The molecule has 21 heavy (non-hydrogen) atoms. The highest BCUT2D eigenvalue weighted by atomic mass is 35.5. The average Bonchev–Trinajstić information content (AvgIpc) is 2.47. The van der Waals surface area contributed by atoms with Gasteiger partial charge >= 0.3 is 0 Å². The quantitative estimate of drug-likeness (QED) is 0.838. The van der Waals surface area contributed by atoms with Gasteiger partial charge in [0.25, 0.3) is 5.91 Å². The number of anilines is 1. The third-order valence-electron chi connectivity index (χ3n) is 2.67. The molecule has 0 saturated carbocycles. The van der Waals surface area contributed by atoms with Crippen LogP contribution in [0.5, 0.6) is 0 Å². The third-order valence-corrected chi connectivity index (χ3v) is 3.00. The van der Waals surface area contributed by atoms with Crippen molar-refractivity contribution >= 4 is 23.2 Å². The first-order valence-electron chi connectivity index (χ1n) is 6.33. The lowest BCUT2D eigenvalue weighted by Gasteiger charge is -2.06. The molecule has 0 aliphatic heterocycles. The Morgan fingerprint density at radius 1 is 1.38 bits per heavy atom. The third kappa shape index (κ3) is 4.06. The van der Waals surface area contributed by atoms with Gasteiger partial charge in [-0.05, 0) is 37.3 Å². The molecule has 0 fully saturated rings. The summed E-state index contributed by atoms with van der Waals surface area (Å²) in [6, 6.07) is 10.4. The zero-order valence-electron chi connectivity index (χ0n) is 11.5. The van der Waals surface area contributed by atoms with Gasteiger partial charge in [0.05, 0.1) is 11.6 Å². The highest BCUT2D eigenvalue weighted by Gasteiger charge is 2.08. The Hall–Kier alpha value is -2.35. The zero-order chi connectivity index (χ0) is 15.2. The van der Waals surface area contributed by atoms with Crippen molar-refractivity contribution in [3.63, 3.8) is 0 Å². The molecule has 0 unspecified atom stereocenters. The van der Waals surface area contributed by atoms with E-state index in [9.17, 15) is 4.79 Å². The van der Waals surface area contributed by atoms with E-state index >= 15 is 0 Å². The molecule has 1 heterocycles. The zero-order valence-corrected chi connectivity index (χ0v) is 12.2. The van der Waals surface area contributed by atoms with Crippen LogP contribution in [-0.2, 0) is 0 Å². The molecule has 1 amide bonds. The maximum Gasteiger partial charge on any atom is 0.274 e. The maximum absolute atomic E-state index is 12.1. The summed E-state index contributed by atoms with van der Waals surface area (Å²) >= 11 is 6.04. The lowest BCUT2D eigenvalue weighted by Crippen LogP contribution is -2.14. The van der Waals surface area contributed by atoms with Crippen LogP contribution in [0.1, 0.15) is 21.7 Å². The number of aryl methyl sites for hydroxylation is 1. The smallest absolute Gasteiger partial charge is 0.274 e. The highest BCUT2D eigenvalue weighted by Crippen LogP contribution is 2.20. The number of pyridine rings is 1. The van der Waals surface area contributed by atoms with Crippen molar-refractivity contribution in [1.82, 2.24) is 4.98 Å². The van der Waals surface area contributed by atoms with E-state index in [1.54, 1.807) is 30.3 Å². The molecule has 0 saturated heterocycles. The van der Waals surface area contributed by atoms with Crippen LogP contribution in [-0.4, -0.2) is 17.4 Å². The van der Waals surface area contributed by atoms with Crippen molar-refractivity contribution in [2.75, 3.05) is 11.9 Å². The fourth-order valence-electron chi connectivity index (χ4n) is 1.71. The monoisotopic (exact) mass is 299 g/mol. The Balaban J connectivity index is 2.21. The van der Waals surface area contributed by atoms with E-state index in [2.05, 4.69) is 22.1 Å². The molecule has 1 aromatic heterocycles. The Morgan fingerprint density at radius 2 is 2.19 bits per heavy atom. The first-order chi connectivity index (χ1) is 10.1. The summed E-state index contributed by atoms with van der Waals surface area (Å²) in [5.74, 6) is 5.32. The minimum absolute atomic E-state index is 0.250. The van der Waals surface area contributed by atoms with Crippen LogP contribution in [0, 0.1) is 18.8 Å².